The molecule has 3 aliphatic rings. The summed E-state index contributed by atoms with van der Waals surface area (Å²) in [5, 5.41) is 6.21. The molecule has 6 heterocycles. The predicted molar refractivity (Wildman–Crippen MR) is 137 cm³/mol. The molecule has 3 aromatic rings. The second-order valence-electron chi connectivity index (χ2n) is 9.60. The average Bonchev–Trinajstić information content (AvgIpc) is 3.57. The third-order valence-corrected chi connectivity index (χ3v) is 7.07. The lowest BCUT2D eigenvalue weighted by Crippen LogP contribution is -2.32. The molecule has 0 aliphatic carbocycles. The number of fused-ring (bicyclic) bond motifs is 1. The van der Waals surface area contributed by atoms with E-state index in [2.05, 4.69) is 25.4 Å². The Hall–Kier alpha value is -3.82. The number of pyridine rings is 2. The summed E-state index contributed by atoms with van der Waals surface area (Å²) < 4.78 is 11.9. The number of aromatic nitrogens is 3. The molecule has 188 valence electrons. The van der Waals surface area contributed by atoms with E-state index >= 15 is 0 Å². The molecule has 1 unspecified atom stereocenters. The number of carbonyl (C=O) groups is 1. The van der Waals surface area contributed by atoms with Crippen LogP contribution in [0.15, 0.2) is 40.8 Å². The molecule has 0 aromatic carbocycles. The minimum absolute atomic E-state index is 0.297. The fraction of sp³-hybridized carbons (Fsp3) is 0.462. The maximum absolute atomic E-state index is 13.3. The van der Waals surface area contributed by atoms with Crippen molar-refractivity contribution in [2.24, 2.45) is 0 Å². The summed E-state index contributed by atoms with van der Waals surface area (Å²) in [6, 6.07) is 6.25. The quantitative estimate of drug-likeness (QED) is 0.549. The number of aryl methyl sites for hydroxylation is 1. The highest BCUT2D eigenvalue weighted by atomic mass is 16.5. The normalized spacial score (nSPS) is 20.1. The average molecular weight is 490 g/mol. The van der Waals surface area contributed by atoms with Gasteiger partial charge in [0, 0.05) is 49.7 Å². The lowest BCUT2D eigenvalue weighted by Gasteiger charge is -2.29. The first-order valence-electron chi connectivity index (χ1n) is 12.8. The number of oxazole rings is 1. The number of nitrogens with zero attached hydrogens (tertiary/aromatic N) is 5. The molecule has 0 bridgehead atoms. The van der Waals surface area contributed by atoms with Crippen LogP contribution < -0.4 is 20.4 Å². The Morgan fingerprint density at radius 3 is 2.56 bits per heavy atom. The third kappa shape index (κ3) is 4.43. The van der Waals surface area contributed by atoms with Crippen LogP contribution in [-0.2, 0) is 9.53 Å². The van der Waals surface area contributed by atoms with E-state index in [4.69, 9.17) is 19.1 Å². The highest BCUT2D eigenvalue weighted by Gasteiger charge is 2.28. The van der Waals surface area contributed by atoms with Crippen molar-refractivity contribution in [1.82, 2.24) is 20.3 Å². The minimum atomic E-state index is -0.456. The number of anilines is 3. The molecule has 0 radical (unpaired) electrons. The first-order chi connectivity index (χ1) is 17.7. The van der Waals surface area contributed by atoms with Gasteiger partial charge in [0.25, 0.3) is 11.9 Å². The Bertz CT molecular complexity index is 1290. The molecule has 36 heavy (non-hydrogen) atoms. The van der Waals surface area contributed by atoms with Crippen LogP contribution in [0.3, 0.4) is 0 Å². The van der Waals surface area contributed by atoms with Crippen LogP contribution in [0, 0.1) is 6.92 Å². The van der Waals surface area contributed by atoms with E-state index in [9.17, 15) is 4.79 Å². The second kappa shape index (κ2) is 9.67. The number of rotatable bonds is 5. The summed E-state index contributed by atoms with van der Waals surface area (Å²) in [6.07, 6.45) is 9.64. The highest BCUT2D eigenvalue weighted by molar-refractivity contribution is 6.05. The SMILES string of the molecule is Cc1ncccc1C1NC(C(=O)Nc2cc3oc(N4CCCCC4)nc3nc2N2CCCCC2)=CO1. The minimum Gasteiger partial charge on any atom is -0.472 e. The molecular formula is C26H31N7O3. The van der Waals surface area contributed by atoms with Crippen molar-refractivity contribution in [3.63, 3.8) is 0 Å². The van der Waals surface area contributed by atoms with Crippen molar-refractivity contribution in [3.05, 3.63) is 47.6 Å². The molecule has 2 fully saturated rings. The zero-order valence-electron chi connectivity index (χ0n) is 20.5. The van der Waals surface area contributed by atoms with Crippen LogP contribution in [0.2, 0.25) is 0 Å². The van der Waals surface area contributed by atoms with Gasteiger partial charge in [0.1, 0.15) is 12.0 Å². The molecule has 10 heteroatoms. The first kappa shape index (κ1) is 22.6. The predicted octanol–water partition coefficient (Wildman–Crippen LogP) is 4.01. The van der Waals surface area contributed by atoms with E-state index in [1.807, 2.05) is 25.1 Å². The van der Waals surface area contributed by atoms with Gasteiger partial charge in [-0.2, -0.15) is 4.98 Å². The van der Waals surface area contributed by atoms with Gasteiger partial charge in [-0.25, -0.2) is 4.98 Å². The number of hydrogen-bond acceptors (Lipinski definition) is 9. The molecule has 3 aromatic heterocycles. The number of nitrogens with one attached hydrogen (secondary N) is 2. The van der Waals surface area contributed by atoms with Crippen LogP contribution >= 0.6 is 0 Å². The highest BCUT2D eigenvalue weighted by Crippen LogP contribution is 2.33. The Morgan fingerprint density at radius 2 is 1.81 bits per heavy atom. The molecule has 6 rings (SSSR count). The number of piperidine rings is 2. The van der Waals surface area contributed by atoms with Crippen molar-refractivity contribution in [3.8, 4) is 0 Å². The van der Waals surface area contributed by atoms with Crippen LogP contribution in [0.1, 0.15) is 56.0 Å². The van der Waals surface area contributed by atoms with Crippen LogP contribution in [-0.4, -0.2) is 47.0 Å². The fourth-order valence-corrected chi connectivity index (χ4v) is 5.08. The number of amides is 1. The van der Waals surface area contributed by atoms with Gasteiger partial charge in [-0.1, -0.05) is 6.07 Å². The van der Waals surface area contributed by atoms with Crippen molar-refractivity contribution < 1.29 is 13.9 Å². The first-order valence-corrected chi connectivity index (χ1v) is 12.8. The molecule has 0 spiro atoms. The summed E-state index contributed by atoms with van der Waals surface area (Å²) in [5.41, 5.74) is 3.84. The Kier molecular flexibility index (Phi) is 6.08. The molecule has 1 atom stereocenters. The van der Waals surface area contributed by atoms with E-state index < -0.39 is 6.23 Å². The lowest BCUT2D eigenvalue weighted by atomic mass is 10.1. The van der Waals surface area contributed by atoms with Gasteiger partial charge >= 0.3 is 0 Å². The van der Waals surface area contributed by atoms with Crippen LogP contribution in [0.4, 0.5) is 17.5 Å². The summed E-state index contributed by atoms with van der Waals surface area (Å²) in [4.78, 5) is 31.5. The summed E-state index contributed by atoms with van der Waals surface area (Å²) in [6.45, 7) is 5.58. The molecule has 1 amide bonds. The van der Waals surface area contributed by atoms with Gasteiger partial charge in [0.15, 0.2) is 17.6 Å². The smallest absolute Gasteiger partial charge is 0.299 e. The largest absolute Gasteiger partial charge is 0.472 e. The van der Waals surface area contributed by atoms with E-state index in [0.717, 1.165) is 68.9 Å². The molecular weight excluding hydrogens is 458 g/mol. The van der Waals surface area contributed by atoms with E-state index in [1.54, 1.807) is 6.20 Å². The van der Waals surface area contributed by atoms with E-state index in [0.29, 0.717) is 28.6 Å². The van der Waals surface area contributed by atoms with Gasteiger partial charge in [-0.15, -0.1) is 0 Å². The summed E-state index contributed by atoms with van der Waals surface area (Å²) >= 11 is 0. The Labute approximate surface area is 209 Å². The van der Waals surface area contributed by atoms with Gasteiger partial charge in [0.2, 0.25) is 5.65 Å². The zero-order valence-corrected chi connectivity index (χ0v) is 20.5. The Morgan fingerprint density at radius 1 is 1.06 bits per heavy atom. The van der Waals surface area contributed by atoms with Crippen molar-refractivity contribution in [1.29, 1.82) is 0 Å². The zero-order chi connectivity index (χ0) is 24.5. The maximum atomic E-state index is 13.3. The number of ether oxygens (including phenoxy) is 1. The van der Waals surface area contributed by atoms with Gasteiger partial charge < -0.3 is 29.6 Å². The lowest BCUT2D eigenvalue weighted by molar-refractivity contribution is -0.113. The van der Waals surface area contributed by atoms with Crippen molar-refractivity contribution in [2.45, 2.75) is 51.7 Å². The molecule has 2 N–H and O–H groups in total. The number of hydrogen-bond donors (Lipinski definition) is 2. The van der Waals surface area contributed by atoms with E-state index in [-0.39, 0.29) is 5.91 Å². The van der Waals surface area contributed by atoms with Gasteiger partial charge in [0.05, 0.1) is 5.69 Å². The van der Waals surface area contributed by atoms with Crippen LogP contribution in [0.25, 0.3) is 11.2 Å². The fourth-order valence-electron chi connectivity index (χ4n) is 5.08. The van der Waals surface area contributed by atoms with Crippen molar-refractivity contribution in [2.75, 3.05) is 41.3 Å². The summed E-state index contributed by atoms with van der Waals surface area (Å²) in [5.74, 6) is 0.433. The molecule has 2 saturated heterocycles. The van der Waals surface area contributed by atoms with Gasteiger partial charge in [-0.3, -0.25) is 9.78 Å². The molecule has 3 aliphatic heterocycles. The standard InChI is InChI=1S/C26H31N7O3/c1-17-18(9-8-10-27-17)25-29-20(16-35-25)24(34)28-19-15-21-22(30-23(19)32-11-4-2-5-12-32)31-26(36-21)33-13-6-3-7-14-33/h8-10,15-16,25,29H,2-7,11-14H2,1H3,(H,28,34). The van der Waals surface area contributed by atoms with Gasteiger partial charge in [-0.05, 0) is 51.5 Å². The third-order valence-electron chi connectivity index (χ3n) is 7.07. The molecule has 0 saturated carbocycles. The molecule has 10 nitrogen and oxygen atoms in total. The van der Waals surface area contributed by atoms with Crippen molar-refractivity contribution >= 4 is 34.7 Å². The Balaban J connectivity index is 1.26. The second-order valence-corrected chi connectivity index (χ2v) is 9.60. The maximum Gasteiger partial charge on any atom is 0.299 e. The van der Waals surface area contributed by atoms with E-state index in [1.165, 1.54) is 19.1 Å². The monoisotopic (exact) mass is 489 g/mol. The van der Waals surface area contributed by atoms with Crippen LogP contribution in [0.5, 0.6) is 0 Å². The number of carbonyl (C=O) groups excluding carboxylic acids is 1. The topological polar surface area (TPSA) is 109 Å². The summed E-state index contributed by atoms with van der Waals surface area (Å²) in [7, 11) is 0.